The average molecular weight is 690 g/mol. The first-order valence-electron chi connectivity index (χ1n) is 16.0. The van der Waals surface area contributed by atoms with Gasteiger partial charge in [-0.25, -0.2) is 14.8 Å². The van der Waals surface area contributed by atoms with Crippen LogP contribution in [-0.2, 0) is 19.4 Å². The molecule has 0 amide bonds. The molecule has 0 radical (unpaired) electrons. The topological polar surface area (TPSA) is 110 Å². The Labute approximate surface area is 285 Å². The van der Waals surface area contributed by atoms with Crippen LogP contribution in [-0.4, -0.2) is 61.2 Å². The van der Waals surface area contributed by atoms with Crippen molar-refractivity contribution < 1.29 is 14.6 Å². The molecule has 0 bridgehead atoms. The lowest BCUT2D eigenvalue weighted by Gasteiger charge is -2.39. The van der Waals surface area contributed by atoms with Crippen molar-refractivity contribution in [3.63, 3.8) is 0 Å². The van der Waals surface area contributed by atoms with Gasteiger partial charge in [-0.15, -0.1) is 22.7 Å². The number of nitrogens with zero attached hydrogens (tertiary/aromatic N) is 5. The zero-order chi connectivity index (χ0) is 32.8. The SMILES string of the molecule is Cc1csc([C@H]2CCCN([C@@H]3CCc4nc(C)n(CCOc5ccc(Cl)cc5-c5cc(C)nc6c(C(=O)O)csc56)c(=O)c4C3)C2)n1. The molecule has 244 valence electrons. The smallest absolute Gasteiger partial charge is 0.338 e. The number of hydrogen-bond acceptors (Lipinski definition) is 9. The van der Waals surface area contributed by atoms with E-state index in [1.54, 1.807) is 27.4 Å². The molecule has 1 aromatic carbocycles. The Morgan fingerprint density at radius 1 is 1.06 bits per heavy atom. The fourth-order valence-corrected chi connectivity index (χ4v) is 9.17. The van der Waals surface area contributed by atoms with Crippen LogP contribution in [0.15, 0.2) is 39.8 Å². The molecule has 9 nitrogen and oxygen atoms in total. The molecule has 0 unspecified atom stereocenters. The maximum atomic E-state index is 13.9. The largest absolute Gasteiger partial charge is 0.491 e. The van der Waals surface area contributed by atoms with Crippen molar-refractivity contribution in [3.05, 3.63) is 89.4 Å². The van der Waals surface area contributed by atoms with Gasteiger partial charge in [-0.1, -0.05) is 11.6 Å². The maximum Gasteiger partial charge on any atom is 0.338 e. The number of likely N-dealkylation sites (tertiary alicyclic amines) is 1. The van der Waals surface area contributed by atoms with E-state index in [1.165, 1.54) is 16.3 Å². The highest BCUT2D eigenvalue weighted by molar-refractivity contribution is 7.18. The van der Waals surface area contributed by atoms with Crippen LogP contribution >= 0.6 is 34.3 Å². The van der Waals surface area contributed by atoms with Gasteiger partial charge in [-0.3, -0.25) is 19.2 Å². The fourth-order valence-electron chi connectivity index (χ4n) is 7.06. The third-order valence-corrected chi connectivity index (χ3v) is 11.7. The van der Waals surface area contributed by atoms with Crippen molar-refractivity contribution in [1.82, 2.24) is 24.4 Å². The fraction of sp³-hybridized carbons (Fsp3) is 0.400. The van der Waals surface area contributed by atoms with Crippen LogP contribution in [0.1, 0.15) is 69.0 Å². The first-order valence-corrected chi connectivity index (χ1v) is 18.1. The molecule has 1 aliphatic carbocycles. The molecule has 1 saturated heterocycles. The molecule has 0 saturated carbocycles. The molecule has 1 aliphatic heterocycles. The van der Waals surface area contributed by atoms with Gasteiger partial charge in [-0.2, -0.15) is 0 Å². The average Bonchev–Trinajstić information content (AvgIpc) is 3.69. The summed E-state index contributed by atoms with van der Waals surface area (Å²) in [5, 5.41) is 15.2. The number of rotatable bonds is 8. The van der Waals surface area contributed by atoms with Gasteiger partial charge in [0.15, 0.2) is 0 Å². The van der Waals surface area contributed by atoms with Crippen LogP contribution < -0.4 is 10.3 Å². The first-order chi connectivity index (χ1) is 22.7. The van der Waals surface area contributed by atoms with Crippen molar-refractivity contribution in [2.45, 2.75) is 71.4 Å². The molecule has 47 heavy (non-hydrogen) atoms. The van der Waals surface area contributed by atoms with Crippen LogP contribution in [0, 0.1) is 20.8 Å². The minimum atomic E-state index is -1.01. The van der Waals surface area contributed by atoms with Gasteiger partial charge in [0.05, 0.1) is 33.0 Å². The Kier molecular flexibility index (Phi) is 8.90. The molecule has 2 atom stereocenters. The van der Waals surface area contributed by atoms with Crippen molar-refractivity contribution in [3.8, 4) is 16.9 Å². The summed E-state index contributed by atoms with van der Waals surface area (Å²) in [5.41, 5.74) is 5.73. The summed E-state index contributed by atoms with van der Waals surface area (Å²) in [6, 6.07) is 7.65. The number of piperidine rings is 1. The monoisotopic (exact) mass is 689 g/mol. The number of halogens is 1. The zero-order valence-electron chi connectivity index (χ0n) is 26.6. The lowest BCUT2D eigenvalue weighted by Crippen LogP contribution is -2.46. The Bertz CT molecular complexity index is 2050. The molecule has 4 aromatic heterocycles. The minimum Gasteiger partial charge on any atom is -0.491 e. The second-order valence-electron chi connectivity index (χ2n) is 12.5. The Morgan fingerprint density at radius 3 is 2.70 bits per heavy atom. The Balaban J connectivity index is 1.10. The highest BCUT2D eigenvalue weighted by Gasteiger charge is 2.32. The van der Waals surface area contributed by atoms with E-state index < -0.39 is 5.97 Å². The molecule has 2 aliphatic rings. The summed E-state index contributed by atoms with van der Waals surface area (Å²) >= 11 is 9.54. The highest BCUT2D eigenvalue weighted by Crippen LogP contribution is 2.40. The summed E-state index contributed by atoms with van der Waals surface area (Å²) in [5.74, 6) is 0.728. The van der Waals surface area contributed by atoms with Crippen molar-refractivity contribution >= 4 is 50.5 Å². The van der Waals surface area contributed by atoms with Gasteiger partial charge in [-0.05, 0) is 83.7 Å². The van der Waals surface area contributed by atoms with Gasteiger partial charge in [0.2, 0.25) is 0 Å². The number of hydrogen-bond donors (Lipinski definition) is 1. The number of carboxylic acid groups (broad SMARTS) is 1. The maximum absolute atomic E-state index is 13.9. The predicted octanol–water partition coefficient (Wildman–Crippen LogP) is 7.07. The van der Waals surface area contributed by atoms with E-state index in [1.807, 2.05) is 32.0 Å². The number of aryl methyl sites for hydroxylation is 4. The third-order valence-electron chi connectivity index (χ3n) is 9.33. The second kappa shape index (κ2) is 13.1. The van der Waals surface area contributed by atoms with Gasteiger partial charge < -0.3 is 9.84 Å². The van der Waals surface area contributed by atoms with E-state index in [4.69, 9.17) is 26.3 Å². The van der Waals surface area contributed by atoms with Crippen LogP contribution in [0.4, 0.5) is 0 Å². The Morgan fingerprint density at radius 2 is 1.91 bits per heavy atom. The van der Waals surface area contributed by atoms with Crippen molar-refractivity contribution in [2.24, 2.45) is 0 Å². The third kappa shape index (κ3) is 6.34. The van der Waals surface area contributed by atoms with E-state index in [2.05, 4.69) is 22.2 Å². The van der Waals surface area contributed by atoms with E-state index in [0.29, 0.717) is 52.7 Å². The summed E-state index contributed by atoms with van der Waals surface area (Å²) < 4.78 is 8.82. The van der Waals surface area contributed by atoms with Crippen LogP contribution in [0.3, 0.4) is 0 Å². The number of aromatic nitrogens is 4. The van der Waals surface area contributed by atoms with E-state index in [9.17, 15) is 14.7 Å². The number of thiophene rings is 1. The number of thiazole rings is 1. The normalized spacial score (nSPS) is 18.4. The van der Waals surface area contributed by atoms with Crippen molar-refractivity contribution in [2.75, 3.05) is 19.7 Å². The van der Waals surface area contributed by atoms with Gasteiger partial charge in [0.25, 0.3) is 5.56 Å². The number of ether oxygens (including phenoxy) is 1. The van der Waals surface area contributed by atoms with E-state index >= 15 is 0 Å². The summed E-state index contributed by atoms with van der Waals surface area (Å²) in [4.78, 5) is 42.5. The van der Waals surface area contributed by atoms with E-state index in [0.717, 1.165) is 71.6 Å². The molecule has 12 heteroatoms. The number of aromatic carboxylic acids is 1. The molecular formula is C35H36ClN5O4S2. The summed E-state index contributed by atoms with van der Waals surface area (Å²) in [6.45, 7) is 8.42. The molecule has 7 rings (SSSR count). The zero-order valence-corrected chi connectivity index (χ0v) is 29.0. The summed E-state index contributed by atoms with van der Waals surface area (Å²) in [7, 11) is 0. The van der Waals surface area contributed by atoms with Gasteiger partial charge in [0, 0.05) is 62.4 Å². The number of carbonyl (C=O) groups is 1. The summed E-state index contributed by atoms with van der Waals surface area (Å²) in [6.07, 6.45) is 4.84. The molecule has 1 fully saturated rings. The minimum absolute atomic E-state index is 0.0208. The molecule has 0 spiro atoms. The second-order valence-corrected chi connectivity index (χ2v) is 14.7. The lowest BCUT2D eigenvalue weighted by molar-refractivity contribution is 0.0699. The molecule has 5 heterocycles. The van der Waals surface area contributed by atoms with Crippen LogP contribution in [0.5, 0.6) is 5.75 Å². The van der Waals surface area contributed by atoms with Crippen LogP contribution in [0.25, 0.3) is 21.3 Å². The number of carboxylic acids is 1. The molecule has 1 N–H and O–H groups in total. The van der Waals surface area contributed by atoms with Crippen molar-refractivity contribution in [1.29, 1.82) is 0 Å². The van der Waals surface area contributed by atoms with Gasteiger partial charge >= 0.3 is 5.97 Å². The standard InChI is InChI=1S/C35H36ClN5O4S2/c1-19-13-26(32-31(37-19)28(18-46-32)35(43)44)25-14-23(36)6-9-30(25)45-12-11-41-21(3)39-29-8-7-24(15-27(29)34(41)42)40-10-4-5-22(16-40)33-38-20(2)17-47-33/h6,9,13-14,17-18,22,24H,4-5,7-8,10-12,15-16H2,1-3H3,(H,43,44)/t22-,24+/m0/s1. The van der Waals surface area contributed by atoms with E-state index in [-0.39, 0.29) is 17.7 Å². The first kappa shape index (κ1) is 31.9. The number of fused-ring (bicyclic) bond motifs is 2. The molecular weight excluding hydrogens is 654 g/mol. The molecule has 5 aromatic rings. The predicted molar refractivity (Wildman–Crippen MR) is 187 cm³/mol. The lowest BCUT2D eigenvalue weighted by atomic mass is 9.88. The number of benzene rings is 1. The van der Waals surface area contributed by atoms with Crippen LogP contribution in [0.2, 0.25) is 5.02 Å². The van der Waals surface area contributed by atoms with Gasteiger partial charge in [0.1, 0.15) is 18.2 Å². The quantitative estimate of drug-likeness (QED) is 0.184. The highest BCUT2D eigenvalue weighted by atomic mass is 35.5. The Hall–Kier alpha value is -3.64. The number of pyridine rings is 1.